The minimum Gasteiger partial charge on any atom is -0.508 e. The summed E-state index contributed by atoms with van der Waals surface area (Å²) in [5.41, 5.74) is 0.574. The molecule has 1 saturated heterocycles. The molecule has 0 saturated carbocycles. The third-order valence-electron chi connectivity index (χ3n) is 3.76. The third-order valence-corrected chi connectivity index (χ3v) is 3.76. The number of ether oxygens (including phenoxy) is 1. The van der Waals surface area contributed by atoms with Crippen molar-refractivity contribution in [3.63, 3.8) is 0 Å². The molecule has 1 heterocycles. The molecule has 4 nitrogen and oxygen atoms in total. The maximum Gasteiger partial charge on any atom is 0.254 e. The van der Waals surface area contributed by atoms with Crippen molar-refractivity contribution < 1.29 is 23.4 Å². The number of phenols is 1. The van der Waals surface area contributed by atoms with E-state index in [4.69, 9.17) is 4.74 Å². The standard InChI is InChI=1S/C17H15F2NO3/c18-12-4-5-14(15(19)9-12)16-10-20(6-7-23-16)17(22)11-2-1-3-13(21)8-11/h1-5,8-9,16,21H,6-7,10H2. The maximum atomic E-state index is 13.9. The van der Waals surface area contributed by atoms with Crippen LogP contribution < -0.4 is 0 Å². The van der Waals surface area contributed by atoms with E-state index in [1.165, 1.54) is 23.1 Å². The molecule has 6 heteroatoms. The topological polar surface area (TPSA) is 49.8 Å². The molecule has 0 aliphatic carbocycles. The highest BCUT2D eigenvalue weighted by atomic mass is 19.1. The van der Waals surface area contributed by atoms with Crippen LogP contribution in [0.15, 0.2) is 42.5 Å². The summed E-state index contributed by atoms with van der Waals surface area (Å²) in [6.45, 7) is 0.789. The Balaban J connectivity index is 1.79. The van der Waals surface area contributed by atoms with Crippen LogP contribution in [-0.4, -0.2) is 35.6 Å². The average molecular weight is 319 g/mol. The van der Waals surface area contributed by atoms with Crippen LogP contribution in [0.2, 0.25) is 0 Å². The van der Waals surface area contributed by atoms with Crippen molar-refractivity contribution in [2.24, 2.45) is 0 Å². The minimum atomic E-state index is -0.693. The number of morpholine rings is 1. The molecular formula is C17H15F2NO3. The summed E-state index contributed by atoms with van der Waals surface area (Å²) in [7, 11) is 0. The number of hydrogen-bond donors (Lipinski definition) is 1. The first-order chi connectivity index (χ1) is 11.0. The fourth-order valence-corrected chi connectivity index (χ4v) is 2.61. The molecule has 2 aromatic rings. The van der Waals surface area contributed by atoms with Gasteiger partial charge in [0, 0.05) is 23.7 Å². The number of nitrogens with zero attached hydrogens (tertiary/aromatic N) is 1. The molecule has 1 atom stereocenters. The van der Waals surface area contributed by atoms with Crippen LogP contribution in [0.4, 0.5) is 8.78 Å². The summed E-state index contributed by atoms with van der Waals surface area (Å²) in [5, 5.41) is 9.47. The van der Waals surface area contributed by atoms with E-state index in [-0.39, 0.29) is 30.4 Å². The highest BCUT2D eigenvalue weighted by Gasteiger charge is 2.28. The fourth-order valence-electron chi connectivity index (χ4n) is 2.61. The minimum absolute atomic E-state index is 0.00485. The summed E-state index contributed by atoms with van der Waals surface area (Å²) in [5.74, 6) is -1.61. The Morgan fingerprint density at radius 3 is 2.78 bits per heavy atom. The van der Waals surface area contributed by atoms with Crippen LogP contribution in [0.1, 0.15) is 22.0 Å². The highest BCUT2D eigenvalue weighted by Crippen LogP contribution is 2.26. The molecule has 1 N–H and O–H groups in total. The summed E-state index contributed by atoms with van der Waals surface area (Å²) in [6, 6.07) is 9.34. The Bertz CT molecular complexity index is 736. The molecule has 1 aliphatic heterocycles. The fraction of sp³-hybridized carbons (Fsp3) is 0.235. The zero-order chi connectivity index (χ0) is 16.4. The van der Waals surface area contributed by atoms with Gasteiger partial charge in [0.25, 0.3) is 5.91 Å². The van der Waals surface area contributed by atoms with Gasteiger partial charge in [-0.2, -0.15) is 0 Å². The van der Waals surface area contributed by atoms with Crippen molar-refractivity contribution in [2.75, 3.05) is 19.7 Å². The van der Waals surface area contributed by atoms with E-state index in [0.717, 1.165) is 12.1 Å². The van der Waals surface area contributed by atoms with Crippen molar-refractivity contribution >= 4 is 5.91 Å². The molecule has 1 amide bonds. The number of benzene rings is 2. The average Bonchev–Trinajstić information content (AvgIpc) is 2.54. The third kappa shape index (κ3) is 3.32. The highest BCUT2D eigenvalue weighted by molar-refractivity contribution is 5.94. The molecule has 0 radical (unpaired) electrons. The monoisotopic (exact) mass is 319 g/mol. The summed E-state index contributed by atoms with van der Waals surface area (Å²) >= 11 is 0. The molecule has 23 heavy (non-hydrogen) atoms. The van der Waals surface area contributed by atoms with E-state index in [0.29, 0.717) is 12.1 Å². The zero-order valence-corrected chi connectivity index (χ0v) is 12.2. The van der Waals surface area contributed by atoms with Crippen LogP contribution in [0, 0.1) is 11.6 Å². The van der Waals surface area contributed by atoms with Crippen LogP contribution >= 0.6 is 0 Å². The second-order valence-corrected chi connectivity index (χ2v) is 5.33. The van der Waals surface area contributed by atoms with Gasteiger partial charge in [-0.15, -0.1) is 0 Å². The van der Waals surface area contributed by atoms with Crippen molar-refractivity contribution in [2.45, 2.75) is 6.10 Å². The van der Waals surface area contributed by atoms with Gasteiger partial charge < -0.3 is 14.7 Å². The number of halogens is 2. The first-order valence-electron chi connectivity index (χ1n) is 7.19. The number of rotatable bonds is 2. The van der Waals surface area contributed by atoms with E-state index in [9.17, 15) is 18.7 Å². The first-order valence-corrected chi connectivity index (χ1v) is 7.19. The van der Waals surface area contributed by atoms with Crippen molar-refractivity contribution in [3.05, 3.63) is 65.2 Å². The predicted molar refractivity (Wildman–Crippen MR) is 79.1 cm³/mol. The largest absolute Gasteiger partial charge is 0.508 e. The zero-order valence-electron chi connectivity index (χ0n) is 12.2. The van der Waals surface area contributed by atoms with Crippen molar-refractivity contribution in [1.82, 2.24) is 4.90 Å². The number of carbonyl (C=O) groups is 1. The van der Waals surface area contributed by atoms with Crippen molar-refractivity contribution in [1.29, 1.82) is 0 Å². The van der Waals surface area contributed by atoms with E-state index in [2.05, 4.69) is 0 Å². The number of hydrogen-bond acceptors (Lipinski definition) is 3. The lowest BCUT2D eigenvalue weighted by atomic mass is 10.1. The van der Waals surface area contributed by atoms with Crippen LogP contribution in [0.5, 0.6) is 5.75 Å². The Morgan fingerprint density at radius 2 is 2.04 bits per heavy atom. The molecule has 1 aliphatic rings. The van der Waals surface area contributed by atoms with Gasteiger partial charge in [-0.05, 0) is 24.3 Å². The summed E-state index contributed by atoms with van der Waals surface area (Å²) in [4.78, 5) is 14.0. The van der Waals surface area contributed by atoms with Gasteiger partial charge in [0.15, 0.2) is 0 Å². The SMILES string of the molecule is O=C(c1cccc(O)c1)N1CCOC(c2ccc(F)cc2F)C1. The second kappa shape index (κ2) is 6.34. The molecule has 0 aromatic heterocycles. The predicted octanol–water partition coefficient (Wildman–Crippen LogP) is 2.88. The lowest BCUT2D eigenvalue weighted by Crippen LogP contribution is -2.42. The number of aromatic hydroxyl groups is 1. The quantitative estimate of drug-likeness (QED) is 0.926. The Morgan fingerprint density at radius 1 is 1.22 bits per heavy atom. The van der Waals surface area contributed by atoms with Gasteiger partial charge in [0.05, 0.1) is 13.2 Å². The normalized spacial score (nSPS) is 18.0. The van der Waals surface area contributed by atoms with E-state index >= 15 is 0 Å². The van der Waals surface area contributed by atoms with Gasteiger partial charge in [0.2, 0.25) is 0 Å². The molecular weight excluding hydrogens is 304 g/mol. The van der Waals surface area contributed by atoms with Gasteiger partial charge in [-0.3, -0.25) is 4.79 Å². The second-order valence-electron chi connectivity index (χ2n) is 5.33. The summed E-state index contributed by atoms with van der Waals surface area (Å²) < 4.78 is 32.4. The number of amides is 1. The molecule has 0 bridgehead atoms. The van der Waals surface area contributed by atoms with E-state index in [1.54, 1.807) is 12.1 Å². The lowest BCUT2D eigenvalue weighted by Gasteiger charge is -2.33. The van der Waals surface area contributed by atoms with Crippen molar-refractivity contribution in [3.8, 4) is 5.75 Å². The van der Waals surface area contributed by atoms with Crippen LogP contribution in [0.25, 0.3) is 0 Å². The lowest BCUT2D eigenvalue weighted by molar-refractivity contribution is -0.0243. The molecule has 0 spiro atoms. The molecule has 1 unspecified atom stereocenters. The van der Waals surface area contributed by atoms with E-state index in [1.807, 2.05) is 0 Å². The summed E-state index contributed by atoms with van der Waals surface area (Å²) in [6.07, 6.45) is -0.648. The Labute approximate surface area is 131 Å². The smallest absolute Gasteiger partial charge is 0.254 e. The van der Waals surface area contributed by atoms with Gasteiger partial charge in [-0.1, -0.05) is 12.1 Å². The van der Waals surface area contributed by atoms with Crippen LogP contribution in [0.3, 0.4) is 0 Å². The van der Waals surface area contributed by atoms with Gasteiger partial charge in [-0.25, -0.2) is 8.78 Å². The molecule has 2 aromatic carbocycles. The van der Waals surface area contributed by atoms with Crippen LogP contribution in [-0.2, 0) is 4.74 Å². The number of carbonyl (C=O) groups excluding carboxylic acids is 1. The van der Waals surface area contributed by atoms with Gasteiger partial charge >= 0.3 is 0 Å². The van der Waals surface area contributed by atoms with Gasteiger partial charge in [0.1, 0.15) is 23.5 Å². The van der Waals surface area contributed by atoms with E-state index < -0.39 is 17.7 Å². The molecule has 3 rings (SSSR count). The first kappa shape index (κ1) is 15.4. The Hall–Kier alpha value is -2.47. The molecule has 120 valence electrons. The maximum absolute atomic E-state index is 13.9. The molecule has 1 fully saturated rings. The number of phenolic OH excluding ortho intramolecular Hbond substituents is 1. The Kier molecular flexibility index (Phi) is 4.25.